The Labute approximate surface area is 46.2 Å². The summed E-state index contributed by atoms with van der Waals surface area (Å²) in [6, 6.07) is -0.947. The molecule has 0 unspecified atom stereocenters. The van der Waals surface area contributed by atoms with Crippen molar-refractivity contribution in [2.75, 3.05) is 0 Å². The molecule has 0 fully saturated rings. The maximum absolute atomic E-state index is 10.1. The van der Waals surface area contributed by atoms with E-state index in [1.807, 2.05) is 0 Å². The second-order valence-electron chi connectivity index (χ2n) is 1.23. The number of imide groups is 1. The Bertz CT molecular complexity index is 108. The maximum Gasteiger partial charge on any atom is 0.336 e. The van der Waals surface area contributed by atoms with E-state index in [-0.39, 0.29) is 0 Å². The molecule has 5 nitrogen and oxygen atoms in total. The van der Waals surface area contributed by atoms with Gasteiger partial charge in [-0.05, 0) is 0 Å². The van der Waals surface area contributed by atoms with Gasteiger partial charge >= 0.3 is 6.03 Å². The molecule has 0 bridgehead atoms. The molecule has 0 aromatic heterocycles. The van der Waals surface area contributed by atoms with Gasteiger partial charge < -0.3 is 5.73 Å². The van der Waals surface area contributed by atoms with Crippen LogP contribution in [-0.4, -0.2) is 16.9 Å². The van der Waals surface area contributed by atoms with Crippen LogP contribution in [0.4, 0.5) is 4.79 Å². The monoisotopic (exact) mass is 117 g/mol. The summed E-state index contributed by atoms with van der Waals surface area (Å²) < 4.78 is 0. The number of primary amides is 1. The molecule has 0 aromatic carbocycles. The summed E-state index contributed by atoms with van der Waals surface area (Å²) in [6.07, 6.45) is 0. The summed E-state index contributed by atoms with van der Waals surface area (Å²) in [5.74, 6) is 4.20. The highest BCUT2D eigenvalue weighted by Gasteiger charge is 2.06. The number of carbonyl (C=O) groups is 2. The van der Waals surface area contributed by atoms with Gasteiger partial charge in [-0.2, -0.15) is 5.01 Å². The molecule has 0 saturated carbocycles. The van der Waals surface area contributed by atoms with Crippen LogP contribution >= 0.6 is 0 Å². The van der Waals surface area contributed by atoms with E-state index < -0.39 is 11.9 Å². The van der Waals surface area contributed by atoms with Gasteiger partial charge in [0.1, 0.15) is 0 Å². The number of hydrogen-bond donors (Lipinski definition) is 2. The Morgan fingerprint density at radius 1 is 1.50 bits per heavy atom. The van der Waals surface area contributed by atoms with Crippen molar-refractivity contribution < 1.29 is 9.59 Å². The lowest BCUT2D eigenvalue weighted by Crippen LogP contribution is -2.44. The van der Waals surface area contributed by atoms with Crippen molar-refractivity contribution in [3.05, 3.63) is 0 Å². The van der Waals surface area contributed by atoms with Crippen molar-refractivity contribution in [3.63, 3.8) is 0 Å². The normalized spacial score (nSPS) is 8.25. The summed E-state index contributed by atoms with van der Waals surface area (Å²) in [6.45, 7) is 1.14. The Balaban J connectivity index is 3.83. The van der Waals surface area contributed by atoms with Gasteiger partial charge in [-0.1, -0.05) is 0 Å². The van der Waals surface area contributed by atoms with Crippen molar-refractivity contribution in [1.29, 1.82) is 0 Å². The van der Waals surface area contributed by atoms with E-state index in [0.717, 1.165) is 6.92 Å². The number of hydrogen-bond acceptors (Lipinski definition) is 3. The van der Waals surface area contributed by atoms with Gasteiger partial charge in [0.15, 0.2) is 0 Å². The lowest BCUT2D eigenvalue weighted by atomic mass is 10.7. The van der Waals surface area contributed by atoms with Gasteiger partial charge in [-0.25, -0.2) is 10.6 Å². The largest absolute Gasteiger partial charge is 0.350 e. The minimum Gasteiger partial charge on any atom is -0.350 e. The Morgan fingerprint density at radius 2 is 1.88 bits per heavy atom. The van der Waals surface area contributed by atoms with Crippen molar-refractivity contribution >= 4 is 11.9 Å². The predicted molar refractivity (Wildman–Crippen MR) is 26.3 cm³/mol. The first-order valence-corrected chi connectivity index (χ1v) is 1.90. The maximum atomic E-state index is 10.1. The zero-order valence-electron chi connectivity index (χ0n) is 4.42. The van der Waals surface area contributed by atoms with E-state index in [0.29, 0.717) is 5.01 Å². The van der Waals surface area contributed by atoms with Crippen LogP contribution in [0.5, 0.6) is 0 Å². The average molecular weight is 117 g/mol. The third kappa shape index (κ3) is 1.57. The molecule has 46 valence electrons. The number of rotatable bonds is 0. The first-order chi connectivity index (χ1) is 3.55. The van der Waals surface area contributed by atoms with Gasteiger partial charge in [0.25, 0.3) is 0 Å². The van der Waals surface area contributed by atoms with Crippen molar-refractivity contribution in [3.8, 4) is 0 Å². The van der Waals surface area contributed by atoms with Gasteiger partial charge in [-0.15, -0.1) is 0 Å². The molecule has 0 aromatic rings. The average Bonchev–Trinajstić information content (AvgIpc) is 1.64. The molecule has 8 heavy (non-hydrogen) atoms. The van der Waals surface area contributed by atoms with E-state index in [4.69, 9.17) is 5.84 Å². The summed E-state index contributed by atoms with van der Waals surface area (Å²) >= 11 is 0. The van der Waals surface area contributed by atoms with E-state index in [1.165, 1.54) is 0 Å². The molecule has 0 spiro atoms. The van der Waals surface area contributed by atoms with E-state index >= 15 is 0 Å². The van der Waals surface area contributed by atoms with Gasteiger partial charge in [0.2, 0.25) is 5.91 Å². The molecule has 5 heteroatoms. The fraction of sp³-hybridized carbons (Fsp3) is 0.333. The lowest BCUT2D eigenvalue weighted by Gasteiger charge is -2.05. The van der Waals surface area contributed by atoms with Crippen molar-refractivity contribution in [2.45, 2.75) is 6.92 Å². The molecular weight excluding hydrogens is 110 g/mol. The van der Waals surface area contributed by atoms with Crippen LogP contribution in [0.3, 0.4) is 0 Å². The van der Waals surface area contributed by atoms with E-state index in [1.54, 1.807) is 0 Å². The highest BCUT2D eigenvalue weighted by molar-refractivity contribution is 5.91. The van der Waals surface area contributed by atoms with Crippen molar-refractivity contribution in [1.82, 2.24) is 5.01 Å². The van der Waals surface area contributed by atoms with Crippen LogP contribution in [0.1, 0.15) is 6.92 Å². The van der Waals surface area contributed by atoms with Gasteiger partial charge in [0.05, 0.1) is 0 Å². The first kappa shape index (κ1) is 6.90. The quantitative estimate of drug-likeness (QED) is 0.237. The fourth-order valence-electron chi connectivity index (χ4n) is 0.155. The molecule has 0 aliphatic heterocycles. The smallest absolute Gasteiger partial charge is 0.336 e. The molecule has 0 aliphatic rings. The minimum absolute atomic E-state index is 0.333. The highest BCUT2D eigenvalue weighted by Crippen LogP contribution is 1.74. The molecule has 4 N–H and O–H groups in total. The van der Waals surface area contributed by atoms with Crippen LogP contribution in [0.2, 0.25) is 0 Å². The summed E-state index contributed by atoms with van der Waals surface area (Å²) in [5, 5.41) is 0.333. The zero-order chi connectivity index (χ0) is 6.73. The minimum atomic E-state index is -0.947. The topological polar surface area (TPSA) is 89.4 Å². The van der Waals surface area contributed by atoms with E-state index in [9.17, 15) is 9.59 Å². The second kappa shape index (κ2) is 2.27. The molecule has 3 amide bonds. The number of hydrazine groups is 1. The number of carbonyl (C=O) groups excluding carboxylic acids is 2. The first-order valence-electron chi connectivity index (χ1n) is 1.90. The van der Waals surface area contributed by atoms with E-state index in [2.05, 4.69) is 5.73 Å². The predicted octanol–water partition coefficient (Wildman–Crippen LogP) is -1.21. The SMILES string of the molecule is CC(=O)N(N)C(N)=O. The van der Waals surface area contributed by atoms with Crippen LogP contribution in [0.25, 0.3) is 0 Å². The van der Waals surface area contributed by atoms with Crippen LogP contribution < -0.4 is 11.6 Å². The number of nitrogens with zero attached hydrogens (tertiary/aromatic N) is 1. The second-order valence-corrected chi connectivity index (χ2v) is 1.23. The molecule has 0 rings (SSSR count). The summed E-state index contributed by atoms with van der Waals surface area (Å²) in [5.41, 5.74) is 4.58. The third-order valence-electron chi connectivity index (χ3n) is 0.577. The molecular formula is C3H7N3O2. The fourth-order valence-corrected chi connectivity index (χ4v) is 0.155. The van der Waals surface area contributed by atoms with Crippen LogP contribution in [0.15, 0.2) is 0 Å². The van der Waals surface area contributed by atoms with Gasteiger partial charge in [-0.3, -0.25) is 4.79 Å². The summed E-state index contributed by atoms with van der Waals surface area (Å²) in [7, 11) is 0. The van der Waals surface area contributed by atoms with Crippen LogP contribution in [-0.2, 0) is 4.79 Å². The number of urea groups is 1. The Hall–Kier alpha value is -1.10. The number of amides is 3. The zero-order valence-corrected chi connectivity index (χ0v) is 4.42. The van der Waals surface area contributed by atoms with Crippen LogP contribution in [0, 0.1) is 0 Å². The third-order valence-corrected chi connectivity index (χ3v) is 0.577. The lowest BCUT2D eigenvalue weighted by molar-refractivity contribution is -0.126. The molecule has 0 heterocycles. The highest BCUT2D eigenvalue weighted by atomic mass is 16.2. The Kier molecular flexibility index (Phi) is 1.96. The van der Waals surface area contributed by atoms with Crippen molar-refractivity contribution in [2.24, 2.45) is 11.6 Å². The Morgan fingerprint density at radius 3 is 1.88 bits per heavy atom. The molecule has 0 radical (unpaired) electrons. The molecule has 0 atom stereocenters. The molecule has 0 saturated heterocycles. The number of nitrogens with two attached hydrogens (primary N) is 2. The summed E-state index contributed by atoms with van der Waals surface area (Å²) in [4.78, 5) is 20.0. The molecule has 0 aliphatic carbocycles. The van der Waals surface area contributed by atoms with Gasteiger partial charge in [0, 0.05) is 6.92 Å². The standard InChI is InChI=1S/C3H7N3O2/c1-2(7)6(5)3(4)8/h5H2,1H3,(H2,4,8).